The number of hydrogen-bond donors (Lipinski definition) is 0. The zero-order chi connectivity index (χ0) is 16.1. The van der Waals surface area contributed by atoms with E-state index in [9.17, 15) is 13.2 Å². The maximum Gasteiger partial charge on any atom is 0.325 e. The highest BCUT2D eigenvalue weighted by Gasteiger charge is 2.53. The largest absolute Gasteiger partial charge is 0.325 e. The lowest BCUT2D eigenvalue weighted by atomic mass is 10.1. The van der Waals surface area contributed by atoms with E-state index in [4.69, 9.17) is 0 Å². The minimum absolute atomic E-state index is 0.0551. The van der Waals surface area contributed by atoms with Gasteiger partial charge in [0.2, 0.25) is 0 Å². The van der Waals surface area contributed by atoms with Crippen molar-refractivity contribution in [3.05, 3.63) is 29.3 Å². The summed E-state index contributed by atoms with van der Waals surface area (Å²) in [4.78, 5) is 16.3. The van der Waals surface area contributed by atoms with E-state index in [1.807, 2.05) is 39.0 Å². The van der Waals surface area contributed by atoms with Gasteiger partial charge in [-0.1, -0.05) is 19.1 Å². The third-order valence-corrected chi connectivity index (χ3v) is 6.26. The second-order valence-corrected chi connectivity index (χ2v) is 8.50. The van der Waals surface area contributed by atoms with Gasteiger partial charge in [-0.05, 0) is 37.5 Å². The Labute approximate surface area is 131 Å². The Bertz CT molecular complexity index is 714. The molecule has 2 atom stereocenters. The number of nitrogens with zero attached hydrogens (tertiary/aromatic N) is 2. The molecule has 2 amide bonds. The van der Waals surface area contributed by atoms with Gasteiger partial charge in [-0.3, -0.25) is 4.90 Å². The molecule has 5 nitrogen and oxygen atoms in total. The summed E-state index contributed by atoms with van der Waals surface area (Å²) in [6.45, 7) is 6.56. The summed E-state index contributed by atoms with van der Waals surface area (Å²) in [6, 6.07) is 5.44. The van der Waals surface area contributed by atoms with Crippen molar-refractivity contribution in [2.75, 3.05) is 23.0 Å². The molecule has 0 spiro atoms. The van der Waals surface area contributed by atoms with E-state index in [0.717, 1.165) is 23.2 Å². The Morgan fingerprint density at radius 3 is 2.55 bits per heavy atom. The predicted molar refractivity (Wildman–Crippen MR) is 87.0 cm³/mol. The van der Waals surface area contributed by atoms with E-state index in [2.05, 4.69) is 0 Å². The van der Waals surface area contributed by atoms with Crippen molar-refractivity contribution < 1.29 is 13.2 Å². The number of benzene rings is 1. The molecule has 0 aliphatic carbocycles. The Hall–Kier alpha value is -1.56. The van der Waals surface area contributed by atoms with E-state index in [1.54, 1.807) is 9.80 Å². The van der Waals surface area contributed by atoms with Crippen LogP contribution in [0.4, 0.5) is 10.5 Å². The van der Waals surface area contributed by atoms with Gasteiger partial charge in [0.1, 0.15) is 0 Å². The molecule has 2 heterocycles. The molecule has 2 saturated heterocycles. The first-order valence-corrected chi connectivity index (χ1v) is 9.53. The van der Waals surface area contributed by atoms with Gasteiger partial charge in [-0.25, -0.2) is 13.2 Å². The Morgan fingerprint density at radius 2 is 1.86 bits per heavy atom. The lowest BCUT2D eigenvalue weighted by molar-refractivity contribution is 0.209. The van der Waals surface area contributed by atoms with Crippen molar-refractivity contribution >= 4 is 21.6 Å². The molecule has 22 heavy (non-hydrogen) atoms. The summed E-state index contributed by atoms with van der Waals surface area (Å²) in [5.74, 6) is 0.155. The van der Waals surface area contributed by atoms with Crippen LogP contribution in [-0.2, 0) is 9.84 Å². The zero-order valence-electron chi connectivity index (χ0n) is 13.2. The molecular weight excluding hydrogens is 300 g/mol. The lowest BCUT2D eigenvalue weighted by Gasteiger charge is -2.24. The number of hydrogen-bond acceptors (Lipinski definition) is 3. The van der Waals surface area contributed by atoms with Crippen molar-refractivity contribution in [3.63, 3.8) is 0 Å². The van der Waals surface area contributed by atoms with Gasteiger partial charge in [0, 0.05) is 12.2 Å². The highest BCUT2D eigenvalue weighted by atomic mass is 32.2. The smallest absolute Gasteiger partial charge is 0.318 e. The molecule has 6 heteroatoms. The number of rotatable bonds is 3. The van der Waals surface area contributed by atoms with Crippen molar-refractivity contribution in [2.24, 2.45) is 0 Å². The van der Waals surface area contributed by atoms with Crippen molar-refractivity contribution in [2.45, 2.75) is 39.3 Å². The van der Waals surface area contributed by atoms with E-state index < -0.39 is 9.84 Å². The van der Waals surface area contributed by atoms with Crippen LogP contribution in [0.1, 0.15) is 24.5 Å². The maximum atomic E-state index is 12.8. The number of amides is 2. The molecule has 1 aromatic carbocycles. The van der Waals surface area contributed by atoms with E-state index in [0.29, 0.717) is 6.54 Å². The normalized spacial score (nSPS) is 26.6. The summed E-state index contributed by atoms with van der Waals surface area (Å²) in [5, 5.41) is 0. The average molecular weight is 322 g/mol. The van der Waals surface area contributed by atoms with Crippen molar-refractivity contribution in [1.82, 2.24) is 4.90 Å². The lowest BCUT2D eigenvalue weighted by Crippen LogP contribution is -2.38. The monoisotopic (exact) mass is 322 g/mol. The van der Waals surface area contributed by atoms with Gasteiger partial charge in [0.05, 0.1) is 23.6 Å². The number of sulfone groups is 1. The highest BCUT2D eigenvalue weighted by Crippen LogP contribution is 2.36. The highest BCUT2D eigenvalue weighted by molar-refractivity contribution is 7.91. The van der Waals surface area contributed by atoms with Crippen LogP contribution in [0.5, 0.6) is 0 Å². The van der Waals surface area contributed by atoms with Gasteiger partial charge in [-0.15, -0.1) is 0 Å². The van der Waals surface area contributed by atoms with Crippen LogP contribution in [0.2, 0.25) is 0 Å². The fourth-order valence-corrected chi connectivity index (χ4v) is 5.49. The van der Waals surface area contributed by atoms with Crippen LogP contribution in [0, 0.1) is 13.8 Å². The minimum atomic E-state index is -3.08. The van der Waals surface area contributed by atoms with Crippen LogP contribution in [0.15, 0.2) is 18.2 Å². The van der Waals surface area contributed by atoms with Gasteiger partial charge in [-0.2, -0.15) is 0 Å². The summed E-state index contributed by atoms with van der Waals surface area (Å²) >= 11 is 0. The zero-order valence-corrected chi connectivity index (χ0v) is 14.1. The molecule has 2 aliphatic rings. The first-order valence-electron chi connectivity index (χ1n) is 7.71. The van der Waals surface area contributed by atoms with Gasteiger partial charge >= 0.3 is 6.03 Å². The molecule has 0 radical (unpaired) electrons. The molecule has 0 bridgehead atoms. The topological polar surface area (TPSA) is 57.7 Å². The van der Waals surface area contributed by atoms with Crippen LogP contribution < -0.4 is 4.90 Å². The molecule has 2 fully saturated rings. The number of anilines is 1. The van der Waals surface area contributed by atoms with Crippen LogP contribution >= 0.6 is 0 Å². The number of carbonyl (C=O) groups is 1. The van der Waals surface area contributed by atoms with Crippen LogP contribution in [0.25, 0.3) is 0 Å². The van der Waals surface area contributed by atoms with Gasteiger partial charge in [0.25, 0.3) is 0 Å². The number of urea groups is 1. The predicted octanol–water partition coefficient (Wildman–Crippen LogP) is 2.12. The summed E-state index contributed by atoms with van der Waals surface area (Å²) in [6.07, 6.45) is 0.829. The van der Waals surface area contributed by atoms with Gasteiger partial charge < -0.3 is 4.90 Å². The molecular formula is C16H22N2O3S. The fourth-order valence-electron chi connectivity index (χ4n) is 3.54. The third kappa shape index (κ3) is 2.39. The van der Waals surface area contributed by atoms with E-state index in [-0.39, 0.29) is 29.6 Å². The maximum absolute atomic E-state index is 12.8. The average Bonchev–Trinajstić information content (AvgIpc) is 2.86. The Morgan fingerprint density at radius 1 is 1.18 bits per heavy atom. The minimum Gasteiger partial charge on any atom is -0.318 e. The molecule has 2 unspecified atom stereocenters. The number of aryl methyl sites for hydroxylation is 2. The van der Waals surface area contributed by atoms with Crippen molar-refractivity contribution in [3.8, 4) is 0 Å². The molecule has 1 aromatic rings. The van der Waals surface area contributed by atoms with Crippen LogP contribution in [-0.4, -0.2) is 49.5 Å². The SMILES string of the molecule is CCCN1C(=O)N(c2cc(C)ccc2C)C2CS(=O)(=O)CC21. The molecule has 120 valence electrons. The molecule has 0 aromatic heterocycles. The third-order valence-electron chi connectivity index (χ3n) is 4.57. The Kier molecular flexibility index (Phi) is 3.67. The molecule has 2 aliphatic heterocycles. The number of carbonyl (C=O) groups excluding carboxylic acids is 1. The standard InChI is InChI=1S/C16H22N2O3S/c1-4-7-17-14-9-22(20,21)10-15(14)18(16(17)19)13-8-11(2)5-6-12(13)3/h5-6,8,14-15H,4,7,9-10H2,1-3H3. The summed E-state index contributed by atoms with van der Waals surface area (Å²) in [5.41, 5.74) is 2.91. The van der Waals surface area contributed by atoms with Crippen molar-refractivity contribution in [1.29, 1.82) is 0 Å². The first-order chi connectivity index (χ1) is 10.3. The molecule has 3 rings (SSSR count). The molecule has 0 saturated carbocycles. The fraction of sp³-hybridized carbons (Fsp3) is 0.562. The van der Waals surface area contributed by atoms with E-state index >= 15 is 0 Å². The Balaban J connectivity index is 2.06. The van der Waals surface area contributed by atoms with Gasteiger partial charge in [0.15, 0.2) is 9.84 Å². The first kappa shape index (κ1) is 15.3. The second kappa shape index (κ2) is 5.26. The second-order valence-electron chi connectivity index (χ2n) is 6.35. The quantitative estimate of drug-likeness (QED) is 0.801. The summed E-state index contributed by atoms with van der Waals surface area (Å²) < 4.78 is 24.1. The van der Waals surface area contributed by atoms with E-state index in [1.165, 1.54) is 0 Å². The number of fused-ring (bicyclic) bond motifs is 1. The summed E-state index contributed by atoms with van der Waals surface area (Å²) in [7, 11) is -3.08. The van der Waals surface area contributed by atoms with Crippen LogP contribution in [0.3, 0.4) is 0 Å². The molecule has 0 N–H and O–H groups in total.